The zero-order valence-corrected chi connectivity index (χ0v) is 15.6. The molecular formula is C20H31N3O2. The highest BCUT2D eigenvalue weighted by atomic mass is 16.3. The molecule has 2 atom stereocenters. The summed E-state index contributed by atoms with van der Waals surface area (Å²) in [5, 5.41) is 18.8. The number of hydrogen-bond acceptors (Lipinski definition) is 4. The Morgan fingerprint density at radius 1 is 1.32 bits per heavy atom. The van der Waals surface area contributed by atoms with E-state index in [2.05, 4.69) is 17.3 Å². The van der Waals surface area contributed by atoms with Crippen LogP contribution in [0.2, 0.25) is 0 Å². The van der Waals surface area contributed by atoms with Gasteiger partial charge in [0.2, 0.25) is 5.91 Å². The number of carbonyl (C=O) groups excluding carboxylic acids is 1. The van der Waals surface area contributed by atoms with Crippen LogP contribution >= 0.6 is 0 Å². The molecule has 138 valence electrons. The predicted octanol–water partition coefficient (Wildman–Crippen LogP) is 3.19. The van der Waals surface area contributed by atoms with Gasteiger partial charge in [-0.15, -0.1) is 0 Å². The van der Waals surface area contributed by atoms with Gasteiger partial charge in [0.25, 0.3) is 0 Å². The minimum absolute atomic E-state index is 0.0439. The van der Waals surface area contributed by atoms with E-state index in [4.69, 9.17) is 0 Å². The average molecular weight is 345 g/mol. The topological polar surface area (TPSA) is 64.9 Å². The minimum Gasteiger partial charge on any atom is -0.396 e. The Morgan fingerprint density at radius 2 is 2.04 bits per heavy atom. The van der Waals surface area contributed by atoms with Crippen LogP contribution in [-0.4, -0.2) is 36.4 Å². The van der Waals surface area contributed by atoms with Crippen molar-refractivity contribution in [3.8, 4) is 0 Å². The summed E-state index contributed by atoms with van der Waals surface area (Å²) in [6.07, 6.45) is 5.46. The normalized spacial score (nSPS) is 20.1. The van der Waals surface area contributed by atoms with E-state index >= 15 is 0 Å². The minimum atomic E-state index is -0.217. The van der Waals surface area contributed by atoms with Crippen molar-refractivity contribution in [3.63, 3.8) is 0 Å². The molecule has 0 saturated heterocycles. The number of rotatable bonds is 9. The molecule has 2 unspecified atom stereocenters. The molecular weight excluding hydrogens is 314 g/mol. The second kappa shape index (κ2) is 8.99. The summed E-state index contributed by atoms with van der Waals surface area (Å²) in [5.74, 6) is -0.173. The van der Waals surface area contributed by atoms with E-state index in [9.17, 15) is 9.90 Å². The van der Waals surface area contributed by atoms with Crippen molar-refractivity contribution in [2.75, 3.05) is 18.2 Å². The number of aliphatic hydroxyl groups excluding tert-OH is 1. The SMILES string of the molecule is CCCC1C(C(=O)NCCCC(C)(C)CO)C=NN1c1ccccc1. The average Bonchev–Trinajstić information content (AvgIpc) is 3.03. The number of anilines is 1. The van der Waals surface area contributed by atoms with Gasteiger partial charge in [-0.1, -0.05) is 45.4 Å². The fourth-order valence-corrected chi connectivity index (χ4v) is 3.14. The molecule has 0 saturated carbocycles. The number of nitrogens with zero attached hydrogens (tertiary/aromatic N) is 2. The zero-order valence-electron chi connectivity index (χ0n) is 15.6. The van der Waals surface area contributed by atoms with Crippen molar-refractivity contribution in [2.45, 2.75) is 52.5 Å². The quantitative estimate of drug-likeness (QED) is 0.676. The monoisotopic (exact) mass is 345 g/mol. The number of benzene rings is 1. The van der Waals surface area contributed by atoms with Gasteiger partial charge in [-0.3, -0.25) is 9.80 Å². The Labute approximate surface area is 151 Å². The first-order chi connectivity index (χ1) is 12.0. The Morgan fingerprint density at radius 3 is 2.68 bits per heavy atom. The van der Waals surface area contributed by atoms with Crippen LogP contribution in [0.15, 0.2) is 35.4 Å². The van der Waals surface area contributed by atoms with Crippen molar-refractivity contribution < 1.29 is 9.90 Å². The van der Waals surface area contributed by atoms with E-state index in [1.54, 1.807) is 6.21 Å². The number of nitrogens with one attached hydrogen (secondary N) is 1. The number of hydrazone groups is 1. The highest BCUT2D eigenvalue weighted by molar-refractivity contribution is 5.96. The Bertz CT molecular complexity index is 572. The molecule has 1 aromatic carbocycles. The molecule has 1 aliphatic rings. The van der Waals surface area contributed by atoms with Crippen molar-refractivity contribution >= 4 is 17.8 Å². The summed E-state index contributed by atoms with van der Waals surface area (Å²) in [6.45, 7) is 7.01. The van der Waals surface area contributed by atoms with E-state index in [0.29, 0.717) is 6.54 Å². The first-order valence-electron chi connectivity index (χ1n) is 9.25. The molecule has 0 radical (unpaired) electrons. The van der Waals surface area contributed by atoms with Crippen molar-refractivity contribution in [2.24, 2.45) is 16.4 Å². The molecule has 0 fully saturated rings. The smallest absolute Gasteiger partial charge is 0.230 e. The number of amides is 1. The maximum atomic E-state index is 12.6. The molecule has 1 aliphatic heterocycles. The van der Waals surface area contributed by atoms with E-state index in [1.165, 1.54) is 0 Å². The van der Waals surface area contributed by atoms with Crippen LogP contribution in [0, 0.1) is 11.3 Å². The van der Waals surface area contributed by atoms with Crippen LogP contribution in [0.4, 0.5) is 5.69 Å². The summed E-state index contributed by atoms with van der Waals surface area (Å²) in [5.41, 5.74) is 0.936. The number of carbonyl (C=O) groups is 1. The lowest BCUT2D eigenvalue weighted by Gasteiger charge is -2.27. The molecule has 0 bridgehead atoms. The summed E-state index contributed by atoms with van der Waals surface area (Å²) in [7, 11) is 0. The van der Waals surface area contributed by atoms with Gasteiger partial charge in [-0.25, -0.2) is 0 Å². The number of hydrogen-bond donors (Lipinski definition) is 2. The van der Waals surface area contributed by atoms with Gasteiger partial charge in [0.15, 0.2) is 0 Å². The van der Waals surface area contributed by atoms with Crippen LogP contribution in [0.3, 0.4) is 0 Å². The molecule has 1 amide bonds. The van der Waals surface area contributed by atoms with Gasteiger partial charge in [0, 0.05) is 19.4 Å². The Balaban J connectivity index is 1.92. The summed E-state index contributed by atoms with van der Waals surface area (Å²) in [6, 6.07) is 10.1. The van der Waals surface area contributed by atoms with E-state index in [0.717, 1.165) is 31.4 Å². The first kappa shape index (κ1) is 19.4. The third-order valence-corrected chi connectivity index (χ3v) is 4.75. The van der Waals surface area contributed by atoms with Crippen molar-refractivity contribution in [1.29, 1.82) is 0 Å². The maximum absolute atomic E-state index is 12.6. The van der Waals surface area contributed by atoms with Crippen LogP contribution in [-0.2, 0) is 4.79 Å². The van der Waals surface area contributed by atoms with Gasteiger partial charge in [-0.05, 0) is 36.8 Å². The van der Waals surface area contributed by atoms with Crippen molar-refractivity contribution in [3.05, 3.63) is 30.3 Å². The lowest BCUT2D eigenvalue weighted by molar-refractivity contribution is -0.123. The summed E-state index contributed by atoms with van der Waals surface area (Å²) < 4.78 is 0. The highest BCUT2D eigenvalue weighted by Crippen LogP contribution is 2.28. The summed E-state index contributed by atoms with van der Waals surface area (Å²) >= 11 is 0. The van der Waals surface area contributed by atoms with E-state index in [-0.39, 0.29) is 29.9 Å². The Hall–Kier alpha value is -1.88. The van der Waals surface area contributed by atoms with Crippen LogP contribution in [0.5, 0.6) is 0 Å². The van der Waals surface area contributed by atoms with E-state index < -0.39 is 0 Å². The molecule has 0 aliphatic carbocycles. The zero-order chi connectivity index (χ0) is 18.3. The van der Waals surface area contributed by atoms with Gasteiger partial charge in [0.05, 0.1) is 17.6 Å². The second-order valence-electron chi connectivity index (χ2n) is 7.54. The standard InChI is InChI=1S/C20H31N3O2/c1-4-9-18-17(14-22-23(18)16-10-6-5-7-11-16)19(25)21-13-8-12-20(2,3)15-24/h5-7,10-11,14,17-18,24H,4,8-9,12-13,15H2,1-3H3,(H,21,25). The van der Waals surface area contributed by atoms with Gasteiger partial charge < -0.3 is 10.4 Å². The fraction of sp³-hybridized carbons (Fsp3) is 0.600. The third-order valence-electron chi connectivity index (χ3n) is 4.75. The second-order valence-corrected chi connectivity index (χ2v) is 7.54. The molecule has 0 aromatic heterocycles. The molecule has 1 heterocycles. The first-order valence-corrected chi connectivity index (χ1v) is 9.25. The summed E-state index contributed by atoms with van der Waals surface area (Å²) in [4.78, 5) is 12.6. The van der Waals surface area contributed by atoms with Gasteiger partial charge in [-0.2, -0.15) is 5.10 Å². The molecule has 25 heavy (non-hydrogen) atoms. The number of aliphatic hydroxyl groups is 1. The molecule has 5 heteroatoms. The number of para-hydroxylation sites is 1. The predicted molar refractivity (Wildman–Crippen MR) is 103 cm³/mol. The Kier molecular flexibility index (Phi) is 7.00. The lowest BCUT2D eigenvalue weighted by Crippen LogP contribution is -2.42. The lowest BCUT2D eigenvalue weighted by atomic mass is 9.89. The molecule has 1 aromatic rings. The molecule has 0 spiro atoms. The third kappa shape index (κ3) is 5.30. The highest BCUT2D eigenvalue weighted by Gasteiger charge is 2.35. The van der Waals surface area contributed by atoms with E-state index in [1.807, 2.05) is 49.2 Å². The molecule has 2 N–H and O–H groups in total. The molecule has 5 nitrogen and oxygen atoms in total. The maximum Gasteiger partial charge on any atom is 0.230 e. The van der Waals surface area contributed by atoms with Crippen molar-refractivity contribution in [1.82, 2.24) is 5.32 Å². The van der Waals surface area contributed by atoms with Crippen LogP contribution < -0.4 is 10.3 Å². The van der Waals surface area contributed by atoms with Crippen LogP contribution in [0.1, 0.15) is 46.5 Å². The molecule has 2 rings (SSSR count). The van der Waals surface area contributed by atoms with Crippen LogP contribution in [0.25, 0.3) is 0 Å². The largest absolute Gasteiger partial charge is 0.396 e. The van der Waals surface area contributed by atoms with Gasteiger partial charge in [0.1, 0.15) is 0 Å². The fourth-order valence-electron chi connectivity index (χ4n) is 3.14. The van der Waals surface area contributed by atoms with Gasteiger partial charge >= 0.3 is 0 Å².